The van der Waals surface area contributed by atoms with E-state index in [1.165, 1.54) is 23.5 Å². The normalized spacial score (nSPS) is 12.0. The quantitative estimate of drug-likeness (QED) is 0.560. The number of carbonyl (C=O) groups excluding carboxylic acids is 1. The summed E-state index contributed by atoms with van der Waals surface area (Å²) in [5.41, 5.74) is 0.620. The molecule has 100 valence electrons. The molecule has 1 unspecified atom stereocenters. The molecule has 2 aromatic rings. The van der Waals surface area contributed by atoms with E-state index >= 15 is 0 Å². The van der Waals surface area contributed by atoms with Crippen LogP contribution in [0.5, 0.6) is 0 Å². The molecule has 2 aromatic heterocycles. The third-order valence-corrected chi connectivity index (χ3v) is 2.31. The second-order valence-electron chi connectivity index (χ2n) is 3.75. The number of nitrogens with one attached hydrogen (secondary N) is 2. The lowest BCUT2D eigenvalue weighted by Gasteiger charge is -2.13. The summed E-state index contributed by atoms with van der Waals surface area (Å²) in [7, 11) is 0. The zero-order chi connectivity index (χ0) is 13.7. The van der Waals surface area contributed by atoms with Gasteiger partial charge in [0.05, 0.1) is 6.33 Å². The molecular formula is C9H11N7O3. The summed E-state index contributed by atoms with van der Waals surface area (Å²) >= 11 is 0. The van der Waals surface area contributed by atoms with Gasteiger partial charge in [-0.05, 0) is 10.4 Å². The number of carboxylic acid groups (broad SMARTS) is 1. The van der Waals surface area contributed by atoms with Gasteiger partial charge in [0, 0.05) is 18.3 Å². The van der Waals surface area contributed by atoms with E-state index < -0.39 is 17.9 Å². The Labute approximate surface area is 106 Å². The fourth-order valence-electron chi connectivity index (χ4n) is 1.46. The van der Waals surface area contributed by atoms with Crippen molar-refractivity contribution in [3.8, 4) is 0 Å². The molecule has 0 bridgehead atoms. The van der Waals surface area contributed by atoms with Crippen molar-refractivity contribution >= 4 is 11.9 Å². The number of hydrogen-bond donors (Lipinski definition) is 3. The van der Waals surface area contributed by atoms with Crippen LogP contribution in [0.3, 0.4) is 0 Å². The van der Waals surface area contributed by atoms with E-state index in [2.05, 4.69) is 30.8 Å². The van der Waals surface area contributed by atoms with E-state index in [1.807, 2.05) is 0 Å². The van der Waals surface area contributed by atoms with Crippen LogP contribution in [-0.4, -0.2) is 53.2 Å². The molecule has 0 saturated carbocycles. The molecular weight excluding hydrogens is 254 g/mol. The summed E-state index contributed by atoms with van der Waals surface area (Å²) < 4.78 is 1.20. The number of rotatable bonds is 6. The Kier molecular flexibility index (Phi) is 3.81. The van der Waals surface area contributed by atoms with E-state index in [9.17, 15) is 9.59 Å². The Hall–Kier alpha value is -2.78. The minimum Gasteiger partial charge on any atom is -0.480 e. The number of aromatic amines is 1. The summed E-state index contributed by atoms with van der Waals surface area (Å²) in [5.74, 6) is -1.61. The average Bonchev–Trinajstić information content (AvgIpc) is 3.00. The highest BCUT2D eigenvalue weighted by Gasteiger charge is 2.21. The third-order valence-electron chi connectivity index (χ3n) is 2.31. The maximum atomic E-state index is 11.6. The number of hydrogen-bond acceptors (Lipinski definition) is 6. The largest absolute Gasteiger partial charge is 0.480 e. The van der Waals surface area contributed by atoms with Crippen LogP contribution >= 0.6 is 0 Å². The number of nitrogens with zero attached hydrogens (tertiary/aromatic N) is 5. The first-order valence-electron chi connectivity index (χ1n) is 5.35. The maximum absolute atomic E-state index is 11.6. The second kappa shape index (κ2) is 5.71. The minimum absolute atomic E-state index is 0.122. The smallest absolute Gasteiger partial charge is 0.326 e. The molecule has 0 radical (unpaired) electrons. The van der Waals surface area contributed by atoms with Gasteiger partial charge in [0.25, 0.3) is 0 Å². The molecule has 0 aromatic carbocycles. The molecule has 3 N–H and O–H groups in total. The van der Waals surface area contributed by atoms with Gasteiger partial charge in [-0.2, -0.15) is 0 Å². The molecule has 0 aliphatic carbocycles. The van der Waals surface area contributed by atoms with Crippen molar-refractivity contribution in [3.05, 3.63) is 24.5 Å². The van der Waals surface area contributed by atoms with Gasteiger partial charge in [-0.1, -0.05) is 0 Å². The molecule has 0 fully saturated rings. The first-order chi connectivity index (χ1) is 9.15. The van der Waals surface area contributed by atoms with Crippen LogP contribution in [0.25, 0.3) is 0 Å². The van der Waals surface area contributed by atoms with Gasteiger partial charge in [-0.15, -0.1) is 5.10 Å². The topological polar surface area (TPSA) is 139 Å². The Morgan fingerprint density at radius 1 is 1.53 bits per heavy atom. The van der Waals surface area contributed by atoms with E-state index in [0.717, 1.165) is 0 Å². The van der Waals surface area contributed by atoms with Gasteiger partial charge in [0.1, 0.15) is 18.9 Å². The number of imidazole rings is 1. The van der Waals surface area contributed by atoms with Gasteiger partial charge in [-0.3, -0.25) is 4.79 Å². The number of aliphatic carboxylic acids is 1. The lowest BCUT2D eigenvalue weighted by Crippen LogP contribution is -2.43. The van der Waals surface area contributed by atoms with Gasteiger partial charge < -0.3 is 15.4 Å². The van der Waals surface area contributed by atoms with Crippen molar-refractivity contribution in [3.63, 3.8) is 0 Å². The van der Waals surface area contributed by atoms with Crippen LogP contribution < -0.4 is 5.32 Å². The molecule has 2 heterocycles. The third kappa shape index (κ3) is 3.59. The molecule has 10 heteroatoms. The molecule has 2 rings (SSSR count). The molecule has 0 aliphatic rings. The van der Waals surface area contributed by atoms with Crippen LogP contribution in [0.15, 0.2) is 18.9 Å². The summed E-state index contributed by atoms with van der Waals surface area (Å²) in [6.45, 7) is -0.139. The van der Waals surface area contributed by atoms with Crippen LogP contribution in [0.4, 0.5) is 0 Å². The van der Waals surface area contributed by atoms with Crippen LogP contribution in [0.1, 0.15) is 5.69 Å². The van der Waals surface area contributed by atoms with Crippen molar-refractivity contribution in [2.45, 2.75) is 19.0 Å². The molecule has 0 aliphatic heterocycles. The summed E-state index contributed by atoms with van der Waals surface area (Å²) in [6.07, 6.45) is 4.33. The molecule has 0 saturated heterocycles. The van der Waals surface area contributed by atoms with Gasteiger partial charge in [0.15, 0.2) is 0 Å². The monoisotopic (exact) mass is 265 g/mol. The molecule has 19 heavy (non-hydrogen) atoms. The summed E-state index contributed by atoms with van der Waals surface area (Å²) in [6, 6.07) is -1.04. The molecule has 1 atom stereocenters. The fraction of sp³-hybridized carbons (Fsp3) is 0.333. The fourth-order valence-corrected chi connectivity index (χ4v) is 1.46. The Morgan fingerprint density at radius 3 is 2.95 bits per heavy atom. The van der Waals surface area contributed by atoms with Crippen molar-refractivity contribution in [1.82, 2.24) is 35.5 Å². The summed E-state index contributed by atoms with van der Waals surface area (Å²) in [5, 5.41) is 21.7. The lowest BCUT2D eigenvalue weighted by atomic mass is 10.1. The Bertz CT molecular complexity index is 536. The predicted octanol–water partition coefficient (Wildman–Crippen LogP) is -1.79. The van der Waals surface area contributed by atoms with E-state index in [4.69, 9.17) is 5.11 Å². The van der Waals surface area contributed by atoms with E-state index in [-0.39, 0.29) is 13.0 Å². The number of carbonyl (C=O) groups is 2. The second-order valence-corrected chi connectivity index (χ2v) is 3.75. The van der Waals surface area contributed by atoms with Gasteiger partial charge >= 0.3 is 5.97 Å². The number of tetrazole rings is 1. The molecule has 10 nitrogen and oxygen atoms in total. The van der Waals surface area contributed by atoms with Gasteiger partial charge in [0.2, 0.25) is 5.91 Å². The Morgan fingerprint density at radius 2 is 2.37 bits per heavy atom. The highest BCUT2D eigenvalue weighted by Crippen LogP contribution is 1.99. The van der Waals surface area contributed by atoms with Gasteiger partial charge in [-0.25, -0.2) is 14.5 Å². The SMILES string of the molecule is O=C(Cn1cnnn1)NC(Cc1cnc[nH]1)C(=O)O. The zero-order valence-corrected chi connectivity index (χ0v) is 9.72. The molecule has 1 amide bonds. The first-order valence-corrected chi connectivity index (χ1v) is 5.35. The van der Waals surface area contributed by atoms with E-state index in [0.29, 0.717) is 5.69 Å². The zero-order valence-electron chi connectivity index (χ0n) is 9.72. The highest BCUT2D eigenvalue weighted by molar-refractivity contribution is 5.83. The molecule has 0 spiro atoms. The summed E-state index contributed by atoms with van der Waals surface area (Å²) in [4.78, 5) is 29.3. The van der Waals surface area contributed by atoms with Crippen LogP contribution in [0.2, 0.25) is 0 Å². The minimum atomic E-state index is -1.13. The number of amides is 1. The van der Waals surface area contributed by atoms with Crippen LogP contribution in [-0.2, 0) is 22.6 Å². The highest BCUT2D eigenvalue weighted by atomic mass is 16.4. The predicted molar refractivity (Wildman–Crippen MR) is 59.7 cm³/mol. The van der Waals surface area contributed by atoms with Crippen molar-refractivity contribution in [1.29, 1.82) is 0 Å². The average molecular weight is 265 g/mol. The number of carboxylic acids is 1. The first kappa shape index (κ1) is 12.7. The van der Waals surface area contributed by atoms with Crippen molar-refractivity contribution < 1.29 is 14.7 Å². The van der Waals surface area contributed by atoms with Crippen molar-refractivity contribution in [2.24, 2.45) is 0 Å². The Balaban J connectivity index is 1.93. The van der Waals surface area contributed by atoms with E-state index in [1.54, 1.807) is 0 Å². The lowest BCUT2D eigenvalue weighted by molar-refractivity contribution is -0.141. The standard InChI is InChI=1S/C9H11N7O3/c17-8(3-16-5-12-14-15-16)13-7(9(18)19)1-6-2-10-4-11-6/h2,4-5,7H,1,3H2,(H,10,11)(H,13,17)(H,18,19). The maximum Gasteiger partial charge on any atom is 0.326 e. The number of aromatic nitrogens is 6. The number of H-pyrrole nitrogens is 1. The van der Waals surface area contributed by atoms with Crippen LogP contribution in [0, 0.1) is 0 Å². The van der Waals surface area contributed by atoms with Crippen molar-refractivity contribution in [2.75, 3.05) is 0 Å².